The summed E-state index contributed by atoms with van der Waals surface area (Å²) < 4.78 is 32.4. The first-order valence-corrected chi connectivity index (χ1v) is 7.18. The number of primary sulfonamides is 1. The monoisotopic (exact) mass is 306 g/mol. The summed E-state index contributed by atoms with van der Waals surface area (Å²) in [6, 6.07) is 3.88. The van der Waals surface area contributed by atoms with Crippen LogP contribution in [0.5, 0.6) is 5.75 Å². The maximum Gasteiger partial charge on any atom is 0.407 e. The lowest BCUT2D eigenvalue weighted by Gasteiger charge is -2.11. The minimum atomic E-state index is -3.80. The van der Waals surface area contributed by atoms with Gasteiger partial charge in [0.05, 0.1) is 16.5 Å². The van der Waals surface area contributed by atoms with E-state index in [0.717, 1.165) is 0 Å². The van der Waals surface area contributed by atoms with Crippen LogP contribution < -0.4 is 15.2 Å². The van der Waals surface area contributed by atoms with Gasteiger partial charge in [-0.05, 0) is 18.2 Å². The van der Waals surface area contributed by atoms with E-state index in [4.69, 9.17) is 26.2 Å². The number of ether oxygens (including phenoxy) is 2. The molecule has 1 aliphatic heterocycles. The molecule has 1 fully saturated rings. The predicted octanol–water partition coefficient (Wildman–Crippen LogP) is 0.475. The second kappa shape index (κ2) is 5.24. The molecule has 0 aliphatic carbocycles. The lowest BCUT2D eigenvalue weighted by molar-refractivity contribution is 0.105. The summed E-state index contributed by atoms with van der Waals surface area (Å²) in [6.07, 6.45) is -0.897. The molecule has 1 heterocycles. The Bertz CT molecular complexity index is 604. The van der Waals surface area contributed by atoms with Gasteiger partial charge in [0.2, 0.25) is 10.0 Å². The van der Waals surface area contributed by atoms with Crippen molar-refractivity contribution in [2.75, 3.05) is 13.2 Å². The molecule has 0 aromatic heterocycles. The number of sulfonamides is 1. The molecule has 1 unspecified atom stereocenters. The first-order chi connectivity index (χ1) is 8.86. The molecule has 9 heteroatoms. The number of carbonyl (C=O) groups is 1. The third-order valence-corrected chi connectivity index (χ3v) is 3.61. The number of nitrogens with two attached hydrogens (primary N) is 1. The average molecular weight is 307 g/mol. The number of hydrogen-bond donors (Lipinski definition) is 2. The summed E-state index contributed by atoms with van der Waals surface area (Å²) in [4.78, 5) is 10.7. The fraction of sp³-hybridized carbons (Fsp3) is 0.300. The van der Waals surface area contributed by atoms with Crippen molar-refractivity contribution < 1.29 is 22.7 Å². The van der Waals surface area contributed by atoms with Crippen molar-refractivity contribution in [1.82, 2.24) is 5.32 Å². The first kappa shape index (κ1) is 13.9. The quantitative estimate of drug-likeness (QED) is 0.841. The van der Waals surface area contributed by atoms with Gasteiger partial charge in [0.15, 0.2) is 6.10 Å². The summed E-state index contributed by atoms with van der Waals surface area (Å²) >= 11 is 5.88. The number of nitrogens with one attached hydrogen (secondary N) is 1. The van der Waals surface area contributed by atoms with Gasteiger partial charge in [0.25, 0.3) is 0 Å². The van der Waals surface area contributed by atoms with Gasteiger partial charge in [-0.2, -0.15) is 0 Å². The topological polar surface area (TPSA) is 108 Å². The molecule has 2 rings (SSSR count). The molecule has 7 nitrogen and oxygen atoms in total. The van der Waals surface area contributed by atoms with Gasteiger partial charge in [-0.1, -0.05) is 11.6 Å². The third-order valence-electron chi connectivity index (χ3n) is 2.40. The zero-order valence-corrected chi connectivity index (χ0v) is 11.2. The second-order valence-corrected chi connectivity index (χ2v) is 5.83. The molecule has 0 spiro atoms. The van der Waals surface area contributed by atoms with Crippen molar-refractivity contribution in [2.24, 2.45) is 5.14 Å². The highest BCUT2D eigenvalue weighted by Gasteiger charge is 2.23. The van der Waals surface area contributed by atoms with Crippen molar-refractivity contribution in [1.29, 1.82) is 0 Å². The van der Waals surface area contributed by atoms with E-state index in [1.165, 1.54) is 18.2 Å². The molecule has 1 saturated heterocycles. The number of hydrogen-bond acceptors (Lipinski definition) is 5. The molecule has 0 radical (unpaired) electrons. The lowest BCUT2D eigenvalue weighted by atomic mass is 10.3. The number of alkyl carbamates (subject to hydrolysis) is 1. The van der Waals surface area contributed by atoms with Crippen LogP contribution in [0.2, 0.25) is 5.02 Å². The highest BCUT2D eigenvalue weighted by atomic mass is 35.5. The molecule has 1 atom stereocenters. The summed E-state index contributed by atoms with van der Waals surface area (Å²) in [6.45, 7) is 0.471. The molecule has 19 heavy (non-hydrogen) atoms. The van der Waals surface area contributed by atoms with Gasteiger partial charge >= 0.3 is 6.09 Å². The van der Waals surface area contributed by atoms with Gasteiger partial charge in [-0.3, -0.25) is 0 Å². The Kier molecular flexibility index (Phi) is 3.83. The van der Waals surface area contributed by atoms with E-state index in [9.17, 15) is 13.2 Å². The maximum atomic E-state index is 11.1. The predicted molar refractivity (Wildman–Crippen MR) is 66.6 cm³/mol. The Morgan fingerprint density at radius 2 is 2.26 bits per heavy atom. The maximum absolute atomic E-state index is 11.1. The minimum absolute atomic E-state index is 0.0983. The van der Waals surface area contributed by atoms with Gasteiger partial charge in [-0.25, -0.2) is 18.4 Å². The van der Waals surface area contributed by atoms with Crippen molar-refractivity contribution in [3.63, 3.8) is 0 Å². The van der Waals surface area contributed by atoms with Crippen LogP contribution in [0.15, 0.2) is 23.1 Å². The SMILES string of the molecule is NS(=O)(=O)c1ccc(OCC2CNC(=O)O2)c(Cl)c1. The number of amides is 1. The molecule has 104 valence electrons. The normalized spacial score (nSPS) is 18.8. The molecule has 3 N–H and O–H groups in total. The van der Waals surface area contributed by atoms with Crippen molar-refractivity contribution in [3.8, 4) is 5.75 Å². The average Bonchev–Trinajstić information content (AvgIpc) is 2.72. The third kappa shape index (κ3) is 3.49. The van der Waals surface area contributed by atoms with Crippen LogP contribution in [0, 0.1) is 0 Å². The van der Waals surface area contributed by atoms with E-state index in [0.29, 0.717) is 6.54 Å². The van der Waals surface area contributed by atoms with Crippen LogP contribution in [0.3, 0.4) is 0 Å². The molecule has 1 aromatic rings. The van der Waals surface area contributed by atoms with Crippen LogP contribution in [-0.2, 0) is 14.8 Å². The summed E-state index contributed by atoms with van der Waals surface area (Å²) in [5.74, 6) is 0.289. The van der Waals surface area contributed by atoms with E-state index >= 15 is 0 Å². The van der Waals surface area contributed by atoms with Crippen molar-refractivity contribution >= 4 is 27.7 Å². The molecular formula is C10H11ClN2O5S. The Morgan fingerprint density at radius 1 is 1.53 bits per heavy atom. The zero-order valence-electron chi connectivity index (χ0n) is 9.63. The van der Waals surface area contributed by atoms with Crippen LogP contribution >= 0.6 is 11.6 Å². The zero-order chi connectivity index (χ0) is 14.0. The van der Waals surface area contributed by atoms with E-state index in [1.54, 1.807) is 0 Å². The summed E-state index contributed by atoms with van der Waals surface area (Å²) in [5, 5.41) is 7.57. The van der Waals surface area contributed by atoms with E-state index in [2.05, 4.69) is 5.32 Å². The molecular weight excluding hydrogens is 296 g/mol. The van der Waals surface area contributed by atoms with E-state index in [-0.39, 0.29) is 22.3 Å². The Balaban J connectivity index is 2.03. The van der Waals surface area contributed by atoms with Crippen LogP contribution in [-0.4, -0.2) is 33.8 Å². The molecule has 0 saturated carbocycles. The van der Waals surface area contributed by atoms with E-state index in [1.807, 2.05) is 0 Å². The standard InChI is InChI=1S/C10H11ClN2O5S/c11-8-3-7(19(12,15)16)1-2-9(8)17-5-6-4-13-10(14)18-6/h1-3,6H,4-5H2,(H,13,14)(H2,12,15,16). The number of rotatable bonds is 4. The Morgan fingerprint density at radius 3 is 2.79 bits per heavy atom. The van der Waals surface area contributed by atoms with Gasteiger partial charge in [0, 0.05) is 0 Å². The molecule has 0 bridgehead atoms. The van der Waals surface area contributed by atoms with Crippen molar-refractivity contribution in [2.45, 2.75) is 11.0 Å². The first-order valence-electron chi connectivity index (χ1n) is 5.26. The fourth-order valence-corrected chi connectivity index (χ4v) is 2.32. The summed E-state index contributed by atoms with van der Waals surface area (Å²) in [5.41, 5.74) is 0. The fourth-order valence-electron chi connectivity index (χ4n) is 1.48. The second-order valence-electron chi connectivity index (χ2n) is 3.86. The van der Waals surface area contributed by atoms with Gasteiger partial charge < -0.3 is 14.8 Å². The highest BCUT2D eigenvalue weighted by Crippen LogP contribution is 2.27. The smallest absolute Gasteiger partial charge is 0.407 e. The lowest BCUT2D eigenvalue weighted by Crippen LogP contribution is -2.22. The molecule has 1 amide bonds. The van der Waals surface area contributed by atoms with Crippen LogP contribution in [0.4, 0.5) is 4.79 Å². The summed E-state index contributed by atoms with van der Waals surface area (Å²) in [7, 11) is -3.80. The number of benzene rings is 1. The molecule has 1 aliphatic rings. The molecule has 1 aromatic carbocycles. The Labute approximate surface area is 114 Å². The minimum Gasteiger partial charge on any atom is -0.488 e. The van der Waals surface area contributed by atoms with Crippen LogP contribution in [0.25, 0.3) is 0 Å². The highest BCUT2D eigenvalue weighted by molar-refractivity contribution is 7.89. The number of halogens is 1. The van der Waals surface area contributed by atoms with E-state index < -0.39 is 22.2 Å². The van der Waals surface area contributed by atoms with Crippen molar-refractivity contribution in [3.05, 3.63) is 23.2 Å². The van der Waals surface area contributed by atoms with Crippen LogP contribution in [0.1, 0.15) is 0 Å². The van der Waals surface area contributed by atoms with Gasteiger partial charge in [-0.15, -0.1) is 0 Å². The largest absolute Gasteiger partial charge is 0.488 e. The number of cyclic esters (lactones) is 1. The number of carbonyl (C=O) groups excluding carboxylic acids is 1. The Hall–Kier alpha value is -1.51. The van der Waals surface area contributed by atoms with Gasteiger partial charge in [0.1, 0.15) is 12.4 Å².